The largest absolute Gasteiger partial charge is 0.466 e. The van der Waals surface area contributed by atoms with Crippen molar-refractivity contribution in [1.82, 2.24) is 5.32 Å². The van der Waals surface area contributed by atoms with Crippen molar-refractivity contribution in [2.24, 2.45) is 0 Å². The molecule has 1 N–H and O–H groups in total. The van der Waals surface area contributed by atoms with Crippen molar-refractivity contribution in [2.75, 3.05) is 19.8 Å². The standard InChI is InChI=1S/C7H12NO4/c1-2-12-7(11)3-4-8-6(10)5-9/h2-5H2,1H3,(H,8,10). The minimum atomic E-state index is -0.803. The number of ether oxygens (including phenoxy) is 1. The van der Waals surface area contributed by atoms with Crippen molar-refractivity contribution < 1.29 is 19.4 Å². The number of amides is 1. The molecule has 1 radical (unpaired) electrons. The van der Waals surface area contributed by atoms with Crippen LogP contribution in [0.25, 0.3) is 0 Å². The smallest absolute Gasteiger partial charge is 0.307 e. The SMILES string of the molecule is CCOC(=O)CCNC(=O)C[O]. The fraction of sp³-hybridized carbons (Fsp3) is 0.714. The van der Waals surface area contributed by atoms with E-state index < -0.39 is 12.5 Å². The van der Waals surface area contributed by atoms with Crippen molar-refractivity contribution >= 4 is 11.9 Å². The minimum absolute atomic E-state index is 0.111. The Morgan fingerprint density at radius 3 is 2.58 bits per heavy atom. The molecule has 69 valence electrons. The van der Waals surface area contributed by atoms with E-state index in [9.17, 15) is 14.7 Å². The van der Waals surface area contributed by atoms with Crippen LogP contribution in [0.4, 0.5) is 0 Å². The fourth-order valence-electron chi connectivity index (χ4n) is 0.588. The van der Waals surface area contributed by atoms with Gasteiger partial charge in [0.15, 0.2) is 6.61 Å². The van der Waals surface area contributed by atoms with Crippen LogP contribution < -0.4 is 5.32 Å². The van der Waals surface area contributed by atoms with Gasteiger partial charge in [-0.1, -0.05) is 0 Å². The van der Waals surface area contributed by atoms with Gasteiger partial charge in [0, 0.05) is 6.54 Å². The number of rotatable bonds is 5. The van der Waals surface area contributed by atoms with E-state index in [0.29, 0.717) is 6.61 Å². The summed E-state index contributed by atoms with van der Waals surface area (Å²) in [4.78, 5) is 21.0. The molecule has 0 heterocycles. The lowest BCUT2D eigenvalue weighted by atomic mass is 10.4. The molecule has 5 heteroatoms. The predicted octanol–water partition coefficient (Wildman–Crippen LogP) is -0.514. The van der Waals surface area contributed by atoms with Gasteiger partial charge in [-0.25, -0.2) is 5.11 Å². The van der Waals surface area contributed by atoms with E-state index in [2.05, 4.69) is 10.1 Å². The van der Waals surface area contributed by atoms with E-state index in [1.165, 1.54) is 0 Å². The highest BCUT2D eigenvalue weighted by Gasteiger charge is 2.02. The van der Waals surface area contributed by atoms with E-state index in [0.717, 1.165) is 0 Å². The van der Waals surface area contributed by atoms with Crippen molar-refractivity contribution in [1.29, 1.82) is 0 Å². The highest BCUT2D eigenvalue weighted by Crippen LogP contribution is 1.83. The summed E-state index contributed by atoms with van der Waals surface area (Å²) < 4.78 is 4.59. The molecule has 1 amide bonds. The van der Waals surface area contributed by atoms with Crippen molar-refractivity contribution in [3.8, 4) is 0 Å². The molecule has 0 spiro atoms. The second-order valence-corrected chi connectivity index (χ2v) is 2.05. The van der Waals surface area contributed by atoms with Gasteiger partial charge >= 0.3 is 5.97 Å². The lowest BCUT2D eigenvalue weighted by Gasteiger charge is -2.01. The van der Waals surface area contributed by atoms with Crippen LogP contribution in [0.2, 0.25) is 0 Å². The summed E-state index contributed by atoms with van der Waals surface area (Å²) in [6.45, 7) is 1.39. The third-order valence-electron chi connectivity index (χ3n) is 1.09. The molecule has 12 heavy (non-hydrogen) atoms. The minimum Gasteiger partial charge on any atom is -0.466 e. The molecule has 0 fully saturated rings. The Labute approximate surface area is 70.7 Å². The quantitative estimate of drug-likeness (QED) is 0.570. The third kappa shape index (κ3) is 5.67. The average molecular weight is 174 g/mol. The Bertz CT molecular complexity index is 157. The van der Waals surface area contributed by atoms with Gasteiger partial charge in [0.1, 0.15) is 0 Å². The second-order valence-electron chi connectivity index (χ2n) is 2.05. The van der Waals surface area contributed by atoms with Crippen LogP contribution in [0.15, 0.2) is 0 Å². The van der Waals surface area contributed by atoms with Gasteiger partial charge in [-0.3, -0.25) is 9.59 Å². The molecule has 0 aliphatic carbocycles. The van der Waals surface area contributed by atoms with Crippen molar-refractivity contribution in [3.63, 3.8) is 0 Å². The summed E-state index contributed by atoms with van der Waals surface area (Å²) in [5.41, 5.74) is 0. The molecule has 0 unspecified atom stereocenters. The molecule has 0 aromatic heterocycles. The van der Waals surface area contributed by atoms with Crippen LogP contribution >= 0.6 is 0 Å². The second kappa shape index (κ2) is 6.60. The van der Waals surface area contributed by atoms with Crippen LogP contribution in [-0.4, -0.2) is 31.6 Å². The molecule has 0 bridgehead atoms. The van der Waals surface area contributed by atoms with E-state index in [1.807, 2.05) is 0 Å². The number of esters is 1. The topological polar surface area (TPSA) is 75.3 Å². The monoisotopic (exact) mass is 174 g/mol. The number of carbonyl (C=O) groups is 2. The predicted molar refractivity (Wildman–Crippen MR) is 39.8 cm³/mol. The molecule has 5 nitrogen and oxygen atoms in total. The van der Waals surface area contributed by atoms with Crippen LogP contribution in [0.3, 0.4) is 0 Å². The number of nitrogens with one attached hydrogen (secondary N) is 1. The van der Waals surface area contributed by atoms with Crippen molar-refractivity contribution in [2.45, 2.75) is 13.3 Å². The van der Waals surface area contributed by atoms with E-state index in [1.54, 1.807) is 6.92 Å². The zero-order valence-corrected chi connectivity index (χ0v) is 6.96. The van der Waals surface area contributed by atoms with E-state index >= 15 is 0 Å². The highest BCUT2D eigenvalue weighted by molar-refractivity contribution is 5.77. The zero-order valence-electron chi connectivity index (χ0n) is 6.96. The summed E-state index contributed by atoms with van der Waals surface area (Å²) in [5, 5.41) is 12.2. The molecule has 0 aromatic carbocycles. The molecule has 0 saturated carbocycles. The van der Waals surface area contributed by atoms with Gasteiger partial charge in [-0.15, -0.1) is 0 Å². The molecule has 0 rings (SSSR count). The van der Waals surface area contributed by atoms with Gasteiger partial charge in [0.2, 0.25) is 5.91 Å². The maximum atomic E-state index is 10.7. The van der Waals surface area contributed by atoms with Crippen LogP contribution in [0, 0.1) is 0 Å². The Hall–Kier alpha value is -1.10. The Morgan fingerprint density at radius 2 is 2.08 bits per heavy atom. The van der Waals surface area contributed by atoms with Crippen LogP contribution in [0.5, 0.6) is 0 Å². The Balaban J connectivity index is 3.30. The summed E-state index contributed by atoms with van der Waals surface area (Å²) in [6.07, 6.45) is 0.111. The number of hydrogen-bond acceptors (Lipinski definition) is 3. The number of carbonyl (C=O) groups excluding carboxylic acids is 2. The van der Waals surface area contributed by atoms with E-state index in [4.69, 9.17) is 0 Å². The first-order chi connectivity index (χ1) is 5.70. The lowest BCUT2D eigenvalue weighted by Crippen LogP contribution is -2.28. The summed E-state index contributed by atoms with van der Waals surface area (Å²) >= 11 is 0. The fourth-order valence-corrected chi connectivity index (χ4v) is 0.588. The zero-order chi connectivity index (χ0) is 9.40. The summed E-state index contributed by atoms with van der Waals surface area (Å²) in [6, 6.07) is 0. The summed E-state index contributed by atoms with van der Waals surface area (Å²) in [5.74, 6) is -0.969. The Kier molecular flexibility index (Phi) is 6.00. The maximum Gasteiger partial charge on any atom is 0.307 e. The molecule has 0 aliphatic heterocycles. The van der Waals surface area contributed by atoms with Gasteiger partial charge in [-0.05, 0) is 6.92 Å². The van der Waals surface area contributed by atoms with Gasteiger partial charge in [0.25, 0.3) is 0 Å². The molecular weight excluding hydrogens is 162 g/mol. The van der Waals surface area contributed by atoms with Gasteiger partial charge in [-0.2, -0.15) is 0 Å². The van der Waals surface area contributed by atoms with Gasteiger partial charge < -0.3 is 10.1 Å². The van der Waals surface area contributed by atoms with Gasteiger partial charge in [0.05, 0.1) is 13.0 Å². The van der Waals surface area contributed by atoms with Crippen LogP contribution in [-0.2, 0) is 19.4 Å². The normalized spacial score (nSPS) is 9.17. The Morgan fingerprint density at radius 1 is 1.42 bits per heavy atom. The molecule has 0 aliphatic rings. The lowest BCUT2D eigenvalue weighted by molar-refractivity contribution is -0.143. The maximum absolute atomic E-state index is 10.7. The molecule has 0 aromatic rings. The first-order valence-electron chi connectivity index (χ1n) is 3.71. The molecule has 0 saturated heterocycles. The first kappa shape index (κ1) is 10.9. The molecular formula is C7H12NO4. The molecule has 0 atom stereocenters. The van der Waals surface area contributed by atoms with Crippen LogP contribution in [0.1, 0.15) is 13.3 Å². The third-order valence-corrected chi connectivity index (χ3v) is 1.09. The number of hydrogen-bond donors (Lipinski definition) is 1. The highest BCUT2D eigenvalue weighted by atomic mass is 16.5. The average Bonchev–Trinajstić information content (AvgIpc) is 2.04. The first-order valence-corrected chi connectivity index (χ1v) is 3.71. The summed E-state index contributed by atoms with van der Waals surface area (Å²) in [7, 11) is 0. The van der Waals surface area contributed by atoms with E-state index in [-0.39, 0.29) is 18.9 Å². The van der Waals surface area contributed by atoms with Crippen molar-refractivity contribution in [3.05, 3.63) is 0 Å².